The van der Waals surface area contributed by atoms with Crippen LogP contribution >= 0.6 is 0 Å². The van der Waals surface area contributed by atoms with E-state index in [1.54, 1.807) is 26.0 Å². The molecule has 1 heterocycles. The van der Waals surface area contributed by atoms with E-state index in [0.717, 1.165) is 6.08 Å². The van der Waals surface area contributed by atoms with E-state index in [1.807, 2.05) is 6.92 Å². The quantitative estimate of drug-likeness (QED) is 0.224. The van der Waals surface area contributed by atoms with E-state index in [4.69, 9.17) is 19.9 Å². The van der Waals surface area contributed by atoms with Gasteiger partial charge in [-0.1, -0.05) is 38.2 Å². The lowest BCUT2D eigenvalue weighted by atomic mass is 9.85. The molecule has 0 aromatic carbocycles. The Labute approximate surface area is 246 Å². The lowest BCUT2D eigenvalue weighted by molar-refractivity contribution is -0.120. The van der Waals surface area contributed by atoms with Gasteiger partial charge in [-0.05, 0) is 38.2 Å². The van der Waals surface area contributed by atoms with Crippen molar-refractivity contribution in [1.29, 1.82) is 0 Å². The minimum atomic E-state index is -1.01. The molecule has 232 valence electrons. The summed E-state index contributed by atoms with van der Waals surface area (Å²) in [5.74, 6) is -2.33. The maximum atomic E-state index is 13.5. The zero-order valence-electron chi connectivity index (χ0n) is 25.0. The topological polar surface area (TPSA) is 187 Å². The van der Waals surface area contributed by atoms with Gasteiger partial charge in [-0.2, -0.15) is 0 Å². The van der Waals surface area contributed by atoms with Crippen molar-refractivity contribution in [2.45, 2.75) is 65.0 Å². The van der Waals surface area contributed by atoms with Crippen LogP contribution in [0.25, 0.3) is 0 Å². The molecule has 0 fully saturated rings. The molecular weight excluding hydrogens is 546 g/mol. The van der Waals surface area contributed by atoms with E-state index < -0.39 is 53.9 Å². The number of ketones is 2. The van der Waals surface area contributed by atoms with Crippen LogP contribution in [0.4, 0.5) is 4.79 Å². The average molecular weight is 590 g/mol. The molecule has 0 aromatic heterocycles. The van der Waals surface area contributed by atoms with Gasteiger partial charge in [-0.25, -0.2) is 4.79 Å². The number of carbonyl (C=O) groups is 4. The molecule has 1 aliphatic carbocycles. The predicted octanol–water partition coefficient (Wildman–Crippen LogP) is 1.34. The number of carbonyl (C=O) groups excluding carboxylic acids is 4. The molecular formula is C30H43N3O9. The fourth-order valence-corrected chi connectivity index (χ4v) is 4.96. The maximum Gasteiger partial charge on any atom is 0.405 e. The normalized spacial score (nSPS) is 31.7. The Balaban J connectivity index is 2.61. The molecule has 0 aromatic rings. The first-order valence-electron chi connectivity index (χ1n) is 13.8. The molecule has 6 N–H and O–H groups in total. The zero-order chi connectivity index (χ0) is 31.6. The summed E-state index contributed by atoms with van der Waals surface area (Å²) in [6.07, 6.45) is 3.51. The summed E-state index contributed by atoms with van der Waals surface area (Å²) < 4.78 is 16.5. The number of fused-ring (bicyclic) bond motifs is 2. The largest absolute Gasteiger partial charge is 0.439 e. The van der Waals surface area contributed by atoms with Crippen LogP contribution in [-0.4, -0.2) is 85.6 Å². The van der Waals surface area contributed by atoms with Gasteiger partial charge in [-0.3, -0.25) is 14.4 Å². The lowest BCUT2D eigenvalue weighted by Crippen LogP contribution is -2.38. The Kier molecular flexibility index (Phi) is 13.3. The van der Waals surface area contributed by atoms with Gasteiger partial charge in [0.15, 0.2) is 6.10 Å². The van der Waals surface area contributed by atoms with Gasteiger partial charge in [0.2, 0.25) is 11.6 Å². The molecule has 0 saturated heterocycles. The lowest BCUT2D eigenvalue weighted by Gasteiger charge is -2.30. The summed E-state index contributed by atoms with van der Waals surface area (Å²) in [6.45, 7) is 6.70. The van der Waals surface area contributed by atoms with Crippen molar-refractivity contribution in [1.82, 2.24) is 10.6 Å². The van der Waals surface area contributed by atoms with Crippen molar-refractivity contribution < 1.29 is 43.6 Å². The highest BCUT2D eigenvalue weighted by atomic mass is 16.6. The van der Waals surface area contributed by atoms with Gasteiger partial charge in [0, 0.05) is 43.9 Å². The first-order chi connectivity index (χ1) is 19.8. The van der Waals surface area contributed by atoms with Crippen LogP contribution in [0.2, 0.25) is 0 Å². The van der Waals surface area contributed by atoms with Crippen LogP contribution in [0, 0.1) is 11.8 Å². The second-order valence-corrected chi connectivity index (χ2v) is 10.6. The first kappa shape index (κ1) is 34.6. The minimum absolute atomic E-state index is 0.0570. The summed E-state index contributed by atoms with van der Waals surface area (Å²) in [7, 11) is 2.89. The van der Waals surface area contributed by atoms with Crippen molar-refractivity contribution in [3.63, 3.8) is 0 Å². The monoisotopic (exact) mass is 589 g/mol. The number of methoxy groups -OCH3 is 2. The Morgan fingerprint density at radius 1 is 1.17 bits per heavy atom. The Hall–Kier alpha value is -3.58. The van der Waals surface area contributed by atoms with Crippen molar-refractivity contribution in [3.05, 3.63) is 58.5 Å². The molecule has 0 radical (unpaired) electrons. The van der Waals surface area contributed by atoms with Crippen molar-refractivity contribution in [2.24, 2.45) is 17.6 Å². The molecule has 1 aliphatic heterocycles. The van der Waals surface area contributed by atoms with Crippen molar-refractivity contribution >= 4 is 23.6 Å². The van der Waals surface area contributed by atoms with Gasteiger partial charge in [0.1, 0.15) is 6.10 Å². The van der Waals surface area contributed by atoms with Crippen molar-refractivity contribution in [2.75, 3.05) is 27.4 Å². The zero-order valence-corrected chi connectivity index (χ0v) is 25.0. The number of ether oxygens (including phenoxy) is 3. The Morgan fingerprint density at radius 2 is 1.86 bits per heavy atom. The minimum Gasteiger partial charge on any atom is -0.439 e. The summed E-state index contributed by atoms with van der Waals surface area (Å²) in [6, 6.07) is 0. The number of amides is 2. The third kappa shape index (κ3) is 9.21. The van der Waals surface area contributed by atoms with Gasteiger partial charge < -0.3 is 40.8 Å². The molecule has 6 atom stereocenters. The Bertz CT molecular complexity index is 1180. The van der Waals surface area contributed by atoms with Crippen LogP contribution in [-0.2, 0) is 28.6 Å². The molecule has 0 unspecified atom stereocenters. The van der Waals surface area contributed by atoms with Crippen LogP contribution in [0.15, 0.2) is 58.5 Å². The highest BCUT2D eigenvalue weighted by Crippen LogP contribution is 2.28. The number of Topliss-reactive ketones (excluding diaryl/α,β-unsaturated/α-hetero) is 1. The molecule has 2 aliphatic rings. The summed E-state index contributed by atoms with van der Waals surface area (Å²) in [5.41, 5.74) is 6.19. The molecule has 2 amide bonds. The smallest absolute Gasteiger partial charge is 0.405 e. The van der Waals surface area contributed by atoms with Gasteiger partial charge in [0.25, 0.3) is 5.91 Å². The number of primary amides is 1. The second-order valence-electron chi connectivity index (χ2n) is 10.6. The highest BCUT2D eigenvalue weighted by Gasteiger charge is 2.33. The number of aliphatic hydroxyl groups excluding tert-OH is 2. The summed E-state index contributed by atoms with van der Waals surface area (Å²) in [5, 5.41) is 25.9. The van der Waals surface area contributed by atoms with E-state index in [-0.39, 0.29) is 48.0 Å². The highest BCUT2D eigenvalue weighted by molar-refractivity contribution is 6.23. The van der Waals surface area contributed by atoms with Crippen LogP contribution < -0.4 is 16.4 Å². The van der Waals surface area contributed by atoms with Gasteiger partial charge in [-0.15, -0.1) is 0 Å². The second kappa shape index (κ2) is 16.2. The average Bonchev–Trinajstić information content (AvgIpc) is 2.94. The van der Waals surface area contributed by atoms with E-state index in [1.165, 1.54) is 33.3 Å². The van der Waals surface area contributed by atoms with E-state index in [2.05, 4.69) is 10.6 Å². The third-order valence-corrected chi connectivity index (χ3v) is 7.21. The Morgan fingerprint density at radius 3 is 2.45 bits per heavy atom. The van der Waals surface area contributed by atoms with Gasteiger partial charge >= 0.3 is 6.09 Å². The molecule has 0 spiro atoms. The van der Waals surface area contributed by atoms with E-state index in [9.17, 15) is 29.4 Å². The van der Waals surface area contributed by atoms with Crippen LogP contribution in [0.5, 0.6) is 0 Å². The molecule has 12 nitrogen and oxygen atoms in total. The number of aliphatic hydroxyl groups is 2. The molecule has 2 rings (SSSR count). The summed E-state index contributed by atoms with van der Waals surface area (Å²) in [4.78, 5) is 51.2. The fraction of sp³-hybridized carbons (Fsp3) is 0.533. The molecule has 0 saturated carbocycles. The number of hydrogen-bond donors (Lipinski definition) is 5. The van der Waals surface area contributed by atoms with Crippen LogP contribution in [0.3, 0.4) is 0 Å². The third-order valence-electron chi connectivity index (χ3n) is 7.21. The number of rotatable bonds is 6. The van der Waals surface area contributed by atoms with Gasteiger partial charge in [0.05, 0.1) is 30.2 Å². The van der Waals surface area contributed by atoms with E-state index in [0.29, 0.717) is 12.0 Å². The first-order valence-corrected chi connectivity index (χ1v) is 13.8. The number of hydrogen-bond acceptors (Lipinski definition) is 10. The summed E-state index contributed by atoms with van der Waals surface area (Å²) >= 11 is 0. The molecule has 42 heavy (non-hydrogen) atoms. The number of nitrogens with one attached hydrogen (secondary N) is 2. The number of nitrogens with two attached hydrogens (primary N) is 1. The molecule has 2 bridgehead atoms. The molecule has 12 heteroatoms. The standard InChI is InChI=1S/C30H43N3O9/c1-16-12-20-25(32-10-11-34)22(35)15-21(27(20)37)33-29(38)17(2)8-7-9-23(40-5)28(42-30(31)39)19(4)14-18(3)26(36)24(13-16)41-6/h7-9,14-16,18,23-24,26,28,32,34,36H,10-13H2,1-6H3,(H2,31,39)(H,33,38)/b9-7-,17-8+,19-14+/t16-,18+,23+,24+,26-,28+/m1/s1. The van der Waals surface area contributed by atoms with Crippen LogP contribution in [0.1, 0.15) is 40.5 Å². The predicted molar refractivity (Wildman–Crippen MR) is 155 cm³/mol. The van der Waals surface area contributed by atoms with E-state index >= 15 is 0 Å². The van der Waals surface area contributed by atoms with Crippen molar-refractivity contribution in [3.8, 4) is 0 Å². The maximum absolute atomic E-state index is 13.5. The fourth-order valence-electron chi connectivity index (χ4n) is 4.96. The SMILES string of the molecule is CO[C@H]1/C=C\C=C(/C)C(=O)NC2=CC(=O)C(NCCO)=C(C[C@@H](C)C[C@H](OC)[C@H](O)[C@@H](C)/C=C(\C)[C@@H]1OC(N)=O)C2=O. The number of allylic oxidation sites excluding steroid dienone is 4.